The summed E-state index contributed by atoms with van der Waals surface area (Å²) in [6, 6.07) is 7.59. The molecule has 2 N–H and O–H groups in total. The first-order chi connectivity index (χ1) is 10.1. The molecule has 0 radical (unpaired) electrons. The molecule has 0 bridgehead atoms. The van der Waals surface area contributed by atoms with Gasteiger partial charge in [-0.3, -0.25) is 14.3 Å². The highest BCUT2D eigenvalue weighted by Crippen LogP contribution is 2.15. The highest BCUT2D eigenvalue weighted by molar-refractivity contribution is 5.69. The second kappa shape index (κ2) is 4.93. The lowest BCUT2D eigenvalue weighted by atomic mass is 10.1. The Bertz CT molecular complexity index is 920. The molecule has 2 heterocycles. The van der Waals surface area contributed by atoms with Crippen LogP contribution in [0.4, 0.5) is 0 Å². The van der Waals surface area contributed by atoms with Gasteiger partial charge in [0.2, 0.25) is 0 Å². The van der Waals surface area contributed by atoms with Gasteiger partial charge in [0.15, 0.2) is 5.65 Å². The van der Waals surface area contributed by atoms with Gasteiger partial charge in [0.25, 0.3) is 5.56 Å². The van der Waals surface area contributed by atoms with Crippen molar-refractivity contribution in [3.63, 3.8) is 0 Å². The summed E-state index contributed by atoms with van der Waals surface area (Å²) in [5, 5.41) is 0. The third kappa shape index (κ3) is 2.33. The van der Waals surface area contributed by atoms with Crippen LogP contribution in [0.3, 0.4) is 0 Å². The van der Waals surface area contributed by atoms with E-state index in [4.69, 9.17) is 4.74 Å². The Labute approximate surface area is 119 Å². The van der Waals surface area contributed by atoms with Crippen LogP contribution in [0.15, 0.2) is 33.9 Å². The first-order valence-corrected chi connectivity index (χ1v) is 6.39. The molecule has 7 heteroatoms. The van der Waals surface area contributed by atoms with Crippen molar-refractivity contribution in [1.29, 1.82) is 0 Å². The average molecular weight is 286 g/mol. The second-order valence-electron chi connectivity index (χ2n) is 4.73. The van der Waals surface area contributed by atoms with E-state index in [1.54, 1.807) is 14.2 Å². The number of nitrogens with zero attached hydrogens (tertiary/aromatic N) is 2. The van der Waals surface area contributed by atoms with Gasteiger partial charge in [-0.05, 0) is 17.7 Å². The molecule has 0 aliphatic heterocycles. The number of aromatic nitrogens is 4. The zero-order valence-electron chi connectivity index (χ0n) is 11.6. The van der Waals surface area contributed by atoms with Crippen LogP contribution in [-0.2, 0) is 13.5 Å². The number of ether oxygens (including phenoxy) is 1. The molecule has 7 nitrogen and oxygen atoms in total. The quantitative estimate of drug-likeness (QED) is 0.735. The number of benzene rings is 1. The number of aromatic amines is 2. The smallest absolute Gasteiger partial charge is 0.329 e. The summed E-state index contributed by atoms with van der Waals surface area (Å²) in [7, 11) is 3.17. The Hall–Kier alpha value is -2.83. The normalized spacial score (nSPS) is 11.0. The fraction of sp³-hybridized carbons (Fsp3) is 0.214. The second-order valence-corrected chi connectivity index (χ2v) is 4.73. The van der Waals surface area contributed by atoms with Crippen LogP contribution < -0.4 is 16.0 Å². The molecule has 0 fully saturated rings. The Morgan fingerprint density at radius 1 is 1.29 bits per heavy atom. The van der Waals surface area contributed by atoms with E-state index in [1.807, 2.05) is 24.3 Å². The van der Waals surface area contributed by atoms with Gasteiger partial charge in [-0.25, -0.2) is 9.78 Å². The van der Waals surface area contributed by atoms with Gasteiger partial charge < -0.3 is 9.72 Å². The molecule has 2 aromatic heterocycles. The Kier molecular flexibility index (Phi) is 3.09. The van der Waals surface area contributed by atoms with Gasteiger partial charge in [0.05, 0.1) is 7.11 Å². The highest BCUT2D eigenvalue weighted by atomic mass is 16.5. The van der Waals surface area contributed by atoms with Crippen LogP contribution in [0, 0.1) is 0 Å². The summed E-state index contributed by atoms with van der Waals surface area (Å²) in [4.78, 5) is 32.8. The number of imidazole rings is 1. The fourth-order valence-electron chi connectivity index (χ4n) is 2.21. The maximum Gasteiger partial charge on any atom is 0.329 e. The summed E-state index contributed by atoms with van der Waals surface area (Å²) in [5.74, 6) is 1.37. The first-order valence-electron chi connectivity index (χ1n) is 6.39. The van der Waals surface area contributed by atoms with Crippen molar-refractivity contribution in [1.82, 2.24) is 19.5 Å². The van der Waals surface area contributed by atoms with Crippen LogP contribution >= 0.6 is 0 Å². The van der Waals surface area contributed by atoms with E-state index < -0.39 is 11.2 Å². The van der Waals surface area contributed by atoms with E-state index in [0.717, 1.165) is 11.3 Å². The predicted molar refractivity (Wildman–Crippen MR) is 77.8 cm³/mol. The Morgan fingerprint density at radius 2 is 2.10 bits per heavy atom. The summed E-state index contributed by atoms with van der Waals surface area (Å²) in [5.41, 5.74) is 0.705. The summed E-state index contributed by atoms with van der Waals surface area (Å²) in [6.45, 7) is 0. The van der Waals surface area contributed by atoms with Crippen molar-refractivity contribution in [3.05, 3.63) is 56.5 Å². The van der Waals surface area contributed by atoms with Gasteiger partial charge in [-0.15, -0.1) is 0 Å². The average Bonchev–Trinajstić information content (AvgIpc) is 2.89. The molecule has 3 rings (SSSR count). The van der Waals surface area contributed by atoms with Crippen LogP contribution in [0.1, 0.15) is 11.4 Å². The van der Waals surface area contributed by atoms with Crippen LogP contribution in [0.2, 0.25) is 0 Å². The molecule has 1 aromatic carbocycles. The predicted octanol–water partition coefficient (Wildman–Crippen LogP) is 0.549. The minimum atomic E-state index is -0.480. The minimum absolute atomic E-state index is 0.301. The fourth-order valence-corrected chi connectivity index (χ4v) is 2.21. The lowest BCUT2D eigenvalue weighted by molar-refractivity contribution is 0.414. The van der Waals surface area contributed by atoms with Gasteiger partial charge in [-0.1, -0.05) is 12.1 Å². The molecule has 0 amide bonds. The zero-order valence-corrected chi connectivity index (χ0v) is 11.6. The lowest BCUT2D eigenvalue weighted by Crippen LogP contribution is -2.28. The molecular formula is C14H14N4O3. The number of methoxy groups -OCH3 is 1. The molecule has 0 spiro atoms. The molecule has 0 unspecified atom stereocenters. The van der Waals surface area contributed by atoms with Crippen LogP contribution in [0.5, 0.6) is 5.75 Å². The molecule has 0 saturated carbocycles. The van der Waals surface area contributed by atoms with Crippen molar-refractivity contribution >= 4 is 11.2 Å². The summed E-state index contributed by atoms with van der Waals surface area (Å²) in [6.07, 6.45) is 0.513. The van der Waals surface area contributed by atoms with Crippen molar-refractivity contribution < 1.29 is 4.74 Å². The molecular weight excluding hydrogens is 272 g/mol. The molecule has 0 aliphatic rings. The summed E-state index contributed by atoms with van der Waals surface area (Å²) < 4.78 is 6.48. The highest BCUT2D eigenvalue weighted by Gasteiger charge is 2.11. The van der Waals surface area contributed by atoms with Gasteiger partial charge >= 0.3 is 5.69 Å². The first kappa shape index (κ1) is 13.2. The number of hydrogen-bond donors (Lipinski definition) is 2. The SMILES string of the molecule is COc1cccc(Cc2nc3c([nH]2)c(=O)[nH]c(=O)n3C)c1. The van der Waals surface area contributed by atoms with E-state index in [9.17, 15) is 9.59 Å². The standard InChI is InChI=1S/C14H14N4O3/c1-18-12-11(13(19)17-14(18)20)15-10(16-12)7-8-4-3-5-9(6-8)21-2/h3-6H,7H2,1-2H3,(H,15,16)(H,17,19,20). The van der Waals surface area contributed by atoms with Gasteiger partial charge in [0.1, 0.15) is 17.1 Å². The van der Waals surface area contributed by atoms with Crippen molar-refractivity contribution in [2.45, 2.75) is 6.42 Å². The number of fused-ring (bicyclic) bond motifs is 1. The van der Waals surface area contributed by atoms with E-state index >= 15 is 0 Å². The van der Waals surface area contributed by atoms with Gasteiger partial charge in [0, 0.05) is 13.5 Å². The van der Waals surface area contributed by atoms with Crippen molar-refractivity contribution in [2.75, 3.05) is 7.11 Å². The van der Waals surface area contributed by atoms with Gasteiger partial charge in [-0.2, -0.15) is 0 Å². The maximum absolute atomic E-state index is 11.8. The molecule has 21 heavy (non-hydrogen) atoms. The molecule has 108 valence electrons. The van der Waals surface area contributed by atoms with E-state index in [0.29, 0.717) is 23.4 Å². The minimum Gasteiger partial charge on any atom is -0.497 e. The van der Waals surface area contributed by atoms with E-state index in [1.165, 1.54) is 4.57 Å². The number of hydrogen-bond acceptors (Lipinski definition) is 4. The lowest BCUT2D eigenvalue weighted by Gasteiger charge is -2.02. The molecule has 0 saturated heterocycles. The monoisotopic (exact) mass is 286 g/mol. The molecule has 3 aromatic rings. The number of nitrogens with one attached hydrogen (secondary N) is 2. The molecule has 0 aliphatic carbocycles. The van der Waals surface area contributed by atoms with Crippen LogP contribution in [-0.4, -0.2) is 26.6 Å². The summed E-state index contributed by atoms with van der Waals surface area (Å²) >= 11 is 0. The molecule has 0 atom stereocenters. The zero-order chi connectivity index (χ0) is 15.0. The third-order valence-electron chi connectivity index (χ3n) is 3.31. The topological polar surface area (TPSA) is 92.8 Å². The van der Waals surface area contributed by atoms with E-state index in [2.05, 4.69) is 15.0 Å². The Balaban J connectivity index is 2.05. The number of H-pyrrole nitrogens is 2. The Morgan fingerprint density at radius 3 is 2.86 bits per heavy atom. The van der Waals surface area contributed by atoms with Crippen LogP contribution in [0.25, 0.3) is 11.2 Å². The van der Waals surface area contributed by atoms with Crippen molar-refractivity contribution in [2.24, 2.45) is 7.05 Å². The third-order valence-corrected chi connectivity index (χ3v) is 3.31. The van der Waals surface area contributed by atoms with Crippen molar-refractivity contribution in [3.8, 4) is 5.75 Å². The van der Waals surface area contributed by atoms with E-state index in [-0.39, 0.29) is 0 Å². The largest absolute Gasteiger partial charge is 0.497 e. The number of aryl methyl sites for hydroxylation is 1. The number of rotatable bonds is 3. The maximum atomic E-state index is 11.8.